The fourth-order valence-corrected chi connectivity index (χ4v) is 2.00. The highest BCUT2D eigenvalue weighted by Crippen LogP contribution is 2.34. The molecular weight excluding hydrogens is 188 g/mol. The lowest BCUT2D eigenvalue weighted by molar-refractivity contribution is -0.154. The van der Waals surface area contributed by atoms with Crippen LogP contribution in [-0.2, 0) is 14.3 Å². The number of hydrogen-bond donors (Lipinski definition) is 2. The minimum absolute atomic E-state index is 0.126. The van der Waals surface area contributed by atoms with E-state index < -0.39 is 30.4 Å². The Morgan fingerprint density at radius 1 is 1.29 bits per heavy atom. The van der Waals surface area contributed by atoms with Gasteiger partial charge in [0, 0.05) is 0 Å². The third kappa shape index (κ3) is 1.24. The molecule has 0 spiro atoms. The number of carbonyl (C=O) groups excluding carboxylic acids is 1. The van der Waals surface area contributed by atoms with Crippen LogP contribution in [0.25, 0.3) is 0 Å². The second kappa shape index (κ2) is 3.18. The number of rotatable bonds is 1. The van der Waals surface area contributed by atoms with Gasteiger partial charge < -0.3 is 19.7 Å². The number of carbonyl (C=O) groups is 1. The van der Waals surface area contributed by atoms with Crippen LogP contribution in [-0.4, -0.2) is 46.7 Å². The average Bonchev–Trinajstić information content (AvgIpc) is 2.56. The molecule has 2 saturated heterocycles. The molecule has 0 radical (unpaired) electrons. The summed E-state index contributed by atoms with van der Waals surface area (Å²) < 4.78 is 10.2. The molecule has 2 N–H and O–H groups in total. The van der Waals surface area contributed by atoms with E-state index in [1.807, 2.05) is 13.8 Å². The van der Waals surface area contributed by atoms with Crippen LogP contribution < -0.4 is 0 Å². The Kier molecular flexibility index (Phi) is 2.25. The monoisotopic (exact) mass is 202 g/mol. The normalized spacial score (nSPS) is 46.9. The second-order valence-corrected chi connectivity index (χ2v) is 4.15. The Labute approximate surface area is 81.6 Å². The summed E-state index contributed by atoms with van der Waals surface area (Å²) in [7, 11) is 0. The molecule has 2 aliphatic heterocycles. The summed E-state index contributed by atoms with van der Waals surface area (Å²) in [4.78, 5) is 10.9. The number of ether oxygens (including phenoxy) is 2. The molecule has 0 amide bonds. The highest BCUT2D eigenvalue weighted by molar-refractivity contribution is 5.78. The zero-order chi connectivity index (χ0) is 10.5. The summed E-state index contributed by atoms with van der Waals surface area (Å²) in [6.45, 7) is 3.81. The summed E-state index contributed by atoms with van der Waals surface area (Å²) in [6.07, 6.45) is -3.86. The third-order valence-corrected chi connectivity index (χ3v) is 2.77. The Morgan fingerprint density at radius 2 is 1.93 bits per heavy atom. The molecule has 2 aliphatic rings. The van der Waals surface area contributed by atoms with Crippen LogP contribution >= 0.6 is 0 Å². The molecular formula is C9H14O5. The summed E-state index contributed by atoms with van der Waals surface area (Å²) in [5.74, 6) is -0.581. The van der Waals surface area contributed by atoms with Crippen LogP contribution in [0.5, 0.6) is 0 Å². The predicted molar refractivity (Wildman–Crippen MR) is 45.4 cm³/mol. The summed E-state index contributed by atoms with van der Waals surface area (Å²) >= 11 is 0. The smallest absolute Gasteiger partial charge is 0.338 e. The average molecular weight is 202 g/mol. The fourth-order valence-electron chi connectivity index (χ4n) is 2.00. The molecule has 0 aromatic rings. The summed E-state index contributed by atoms with van der Waals surface area (Å²) in [6, 6.07) is 0. The van der Waals surface area contributed by atoms with E-state index in [9.17, 15) is 15.0 Å². The van der Waals surface area contributed by atoms with Crippen LogP contribution in [0, 0.1) is 5.92 Å². The van der Waals surface area contributed by atoms with Gasteiger partial charge in [-0.15, -0.1) is 0 Å². The van der Waals surface area contributed by atoms with Crippen molar-refractivity contribution in [3.05, 3.63) is 0 Å². The lowest BCUT2D eigenvalue weighted by atomic mass is 9.99. The van der Waals surface area contributed by atoms with E-state index in [1.165, 1.54) is 0 Å². The van der Waals surface area contributed by atoms with Gasteiger partial charge in [0.2, 0.25) is 0 Å². The van der Waals surface area contributed by atoms with Crippen LogP contribution in [0.4, 0.5) is 0 Å². The van der Waals surface area contributed by atoms with E-state index in [2.05, 4.69) is 0 Å². The van der Waals surface area contributed by atoms with Crippen molar-refractivity contribution in [1.29, 1.82) is 0 Å². The predicted octanol–water partition coefficient (Wildman–Crippen LogP) is -0.943. The van der Waals surface area contributed by atoms with Gasteiger partial charge in [-0.1, -0.05) is 13.8 Å². The van der Waals surface area contributed by atoms with Gasteiger partial charge >= 0.3 is 5.97 Å². The second-order valence-electron chi connectivity index (χ2n) is 4.15. The van der Waals surface area contributed by atoms with Crippen molar-refractivity contribution in [1.82, 2.24) is 0 Å². The first-order valence-electron chi connectivity index (χ1n) is 4.74. The Hall–Kier alpha value is -0.650. The van der Waals surface area contributed by atoms with E-state index in [4.69, 9.17) is 9.47 Å². The molecule has 2 fully saturated rings. The Balaban J connectivity index is 2.15. The van der Waals surface area contributed by atoms with Gasteiger partial charge in [0.1, 0.15) is 12.2 Å². The van der Waals surface area contributed by atoms with E-state index in [0.29, 0.717) is 0 Å². The maximum Gasteiger partial charge on any atom is 0.338 e. The lowest BCUT2D eigenvalue weighted by Gasteiger charge is -2.20. The Bertz CT molecular complexity index is 252. The standard InChI is InChI=1S/C9H14O5/c1-3(2)6-4(10)7-8(13-6)5(11)9(12)14-7/h3-8,10-11H,1-2H3/t4-,5+,6-,7+,8-/m1/s1. The van der Waals surface area contributed by atoms with Crippen molar-refractivity contribution in [2.24, 2.45) is 5.92 Å². The van der Waals surface area contributed by atoms with Gasteiger partial charge in [-0.05, 0) is 5.92 Å². The molecule has 2 rings (SSSR count). The number of hydrogen-bond acceptors (Lipinski definition) is 5. The first-order chi connectivity index (χ1) is 6.52. The Morgan fingerprint density at radius 3 is 2.43 bits per heavy atom. The highest BCUT2D eigenvalue weighted by Gasteiger charge is 2.56. The molecule has 80 valence electrons. The van der Waals surface area contributed by atoms with E-state index in [1.54, 1.807) is 0 Å². The van der Waals surface area contributed by atoms with E-state index >= 15 is 0 Å². The molecule has 0 aromatic heterocycles. The minimum Gasteiger partial charge on any atom is -0.455 e. The molecule has 5 atom stereocenters. The van der Waals surface area contributed by atoms with Crippen LogP contribution in [0.3, 0.4) is 0 Å². The van der Waals surface area contributed by atoms with E-state index in [-0.39, 0.29) is 12.0 Å². The quantitative estimate of drug-likeness (QED) is 0.536. The lowest BCUT2D eigenvalue weighted by Crippen LogP contribution is -2.34. The zero-order valence-corrected chi connectivity index (χ0v) is 8.08. The van der Waals surface area contributed by atoms with Gasteiger partial charge in [0.25, 0.3) is 0 Å². The fraction of sp³-hybridized carbons (Fsp3) is 0.889. The SMILES string of the molecule is CC(C)[C@H]1O[C@H]2[C@@H](OC(=O)[C@H]2O)[C@@H]1O. The summed E-state index contributed by atoms with van der Waals surface area (Å²) in [5.41, 5.74) is 0. The van der Waals surface area contributed by atoms with Gasteiger partial charge in [-0.25, -0.2) is 4.79 Å². The number of aliphatic hydroxyl groups excluding tert-OH is 2. The van der Waals surface area contributed by atoms with E-state index in [0.717, 1.165) is 0 Å². The topological polar surface area (TPSA) is 76.0 Å². The largest absolute Gasteiger partial charge is 0.455 e. The minimum atomic E-state index is -1.25. The number of esters is 1. The van der Waals surface area contributed by atoms with Crippen LogP contribution in [0.2, 0.25) is 0 Å². The molecule has 2 heterocycles. The summed E-state index contributed by atoms with van der Waals surface area (Å²) in [5, 5.41) is 19.1. The zero-order valence-electron chi connectivity index (χ0n) is 8.08. The van der Waals surface area contributed by atoms with Crippen molar-refractivity contribution in [3.63, 3.8) is 0 Å². The third-order valence-electron chi connectivity index (χ3n) is 2.77. The highest BCUT2D eigenvalue weighted by atomic mass is 16.6. The van der Waals surface area contributed by atoms with Crippen LogP contribution in [0.1, 0.15) is 13.8 Å². The van der Waals surface area contributed by atoms with Gasteiger partial charge in [0.05, 0.1) is 6.10 Å². The van der Waals surface area contributed by atoms with Crippen molar-refractivity contribution >= 4 is 5.97 Å². The molecule has 0 saturated carbocycles. The molecule has 5 heteroatoms. The van der Waals surface area contributed by atoms with Crippen LogP contribution in [0.15, 0.2) is 0 Å². The van der Waals surface area contributed by atoms with Gasteiger partial charge in [0.15, 0.2) is 12.2 Å². The van der Waals surface area contributed by atoms with Crippen molar-refractivity contribution in [2.75, 3.05) is 0 Å². The number of aliphatic hydroxyl groups is 2. The first-order valence-corrected chi connectivity index (χ1v) is 4.74. The maximum absolute atomic E-state index is 10.9. The van der Waals surface area contributed by atoms with Crippen molar-refractivity contribution in [3.8, 4) is 0 Å². The first kappa shape index (κ1) is 9.89. The molecule has 0 bridgehead atoms. The number of fused-ring (bicyclic) bond motifs is 1. The molecule has 5 nitrogen and oxygen atoms in total. The van der Waals surface area contributed by atoms with Crippen molar-refractivity contribution in [2.45, 2.75) is 44.4 Å². The van der Waals surface area contributed by atoms with Gasteiger partial charge in [-0.2, -0.15) is 0 Å². The molecule has 0 aromatic carbocycles. The molecule has 14 heavy (non-hydrogen) atoms. The molecule has 0 unspecified atom stereocenters. The molecule has 0 aliphatic carbocycles. The van der Waals surface area contributed by atoms with Gasteiger partial charge in [-0.3, -0.25) is 0 Å². The van der Waals surface area contributed by atoms with Crippen molar-refractivity contribution < 1.29 is 24.5 Å². The maximum atomic E-state index is 10.9.